The number of para-hydroxylation sites is 1. The van der Waals surface area contributed by atoms with Crippen LogP contribution in [0.3, 0.4) is 0 Å². The molecule has 27 heavy (non-hydrogen) atoms. The van der Waals surface area contributed by atoms with Gasteiger partial charge < -0.3 is 4.74 Å². The van der Waals surface area contributed by atoms with Gasteiger partial charge in [-0.25, -0.2) is 9.48 Å². The number of rotatable bonds is 3. The SMILES string of the molecule is CC(C)(C)c1cc(NC(=O)Oc2ccccc2)n(-c2cccc(C#N)c2)n1. The van der Waals surface area contributed by atoms with Crippen molar-refractivity contribution in [3.05, 3.63) is 71.9 Å². The van der Waals surface area contributed by atoms with Crippen LogP contribution in [0.5, 0.6) is 5.75 Å². The van der Waals surface area contributed by atoms with E-state index >= 15 is 0 Å². The molecular formula is C21H20N4O2. The van der Waals surface area contributed by atoms with Crippen LogP contribution in [0.15, 0.2) is 60.7 Å². The third kappa shape index (κ3) is 4.33. The van der Waals surface area contributed by atoms with Gasteiger partial charge in [-0.1, -0.05) is 45.0 Å². The summed E-state index contributed by atoms with van der Waals surface area (Å²) in [6.45, 7) is 6.12. The molecule has 0 aliphatic rings. The second kappa shape index (κ2) is 7.34. The Balaban J connectivity index is 1.94. The fraction of sp³-hybridized carbons (Fsp3) is 0.190. The molecule has 1 heterocycles. The molecule has 2 aromatic carbocycles. The first-order valence-electron chi connectivity index (χ1n) is 8.52. The van der Waals surface area contributed by atoms with Crippen molar-refractivity contribution < 1.29 is 9.53 Å². The monoisotopic (exact) mass is 360 g/mol. The van der Waals surface area contributed by atoms with E-state index in [1.165, 1.54) is 0 Å². The van der Waals surface area contributed by atoms with E-state index in [-0.39, 0.29) is 5.41 Å². The number of nitrogens with zero attached hydrogens (tertiary/aromatic N) is 3. The molecule has 1 amide bonds. The third-order valence-electron chi connectivity index (χ3n) is 3.88. The maximum Gasteiger partial charge on any atom is 0.418 e. The van der Waals surface area contributed by atoms with Gasteiger partial charge >= 0.3 is 6.09 Å². The van der Waals surface area contributed by atoms with E-state index in [0.717, 1.165) is 5.69 Å². The highest BCUT2D eigenvalue weighted by Gasteiger charge is 2.22. The minimum absolute atomic E-state index is 0.210. The molecule has 0 unspecified atom stereocenters. The lowest BCUT2D eigenvalue weighted by atomic mass is 9.92. The summed E-state index contributed by atoms with van der Waals surface area (Å²) in [5, 5.41) is 16.5. The molecule has 0 bridgehead atoms. The van der Waals surface area contributed by atoms with E-state index in [1.807, 2.05) is 39.0 Å². The zero-order valence-electron chi connectivity index (χ0n) is 15.4. The number of nitrogens with one attached hydrogen (secondary N) is 1. The second-order valence-corrected chi connectivity index (χ2v) is 7.07. The summed E-state index contributed by atoms with van der Waals surface area (Å²) < 4.78 is 6.91. The quantitative estimate of drug-likeness (QED) is 0.737. The summed E-state index contributed by atoms with van der Waals surface area (Å²) in [6, 6.07) is 19.8. The van der Waals surface area contributed by atoms with Gasteiger partial charge in [0.15, 0.2) is 0 Å². The molecule has 0 aliphatic heterocycles. The predicted molar refractivity (Wildman–Crippen MR) is 103 cm³/mol. The van der Waals surface area contributed by atoms with Gasteiger partial charge in [0.05, 0.1) is 23.0 Å². The molecule has 6 nitrogen and oxygen atoms in total. The van der Waals surface area contributed by atoms with Crippen LogP contribution >= 0.6 is 0 Å². The van der Waals surface area contributed by atoms with Gasteiger partial charge in [0.25, 0.3) is 0 Å². The maximum absolute atomic E-state index is 12.3. The average Bonchev–Trinajstić information content (AvgIpc) is 3.06. The van der Waals surface area contributed by atoms with E-state index in [4.69, 9.17) is 10.00 Å². The van der Waals surface area contributed by atoms with Crippen molar-refractivity contribution >= 4 is 11.9 Å². The van der Waals surface area contributed by atoms with Crippen molar-refractivity contribution in [3.8, 4) is 17.5 Å². The molecule has 1 aromatic heterocycles. The van der Waals surface area contributed by atoms with E-state index in [2.05, 4.69) is 16.5 Å². The standard InChI is InChI=1S/C21H20N4O2/c1-21(2,3)18-13-19(23-20(26)27-17-10-5-4-6-11-17)25(24-18)16-9-7-8-15(12-16)14-22/h4-13H,1-3H3,(H,23,26). The molecule has 0 aliphatic carbocycles. The second-order valence-electron chi connectivity index (χ2n) is 7.07. The molecule has 3 aromatic rings. The van der Waals surface area contributed by atoms with Gasteiger partial charge in [-0.05, 0) is 30.3 Å². The smallest absolute Gasteiger partial charge is 0.410 e. The van der Waals surface area contributed by atoms with Gasteiger partial charge in [-0.15, -0.1) is 0 Å². The first-order chi connectivity index (χ1) is 12.9. The highest BCUT2D eigenvalue weighted by atomic mass is 16.6. The number of carbonyl (C=O) groups excluding carboxylic acids is 1. The van der Waals surface area contributed by atoms with E-state index in [1.54, 1.807) is 47.1 Å². The first-order valence-corrected chi connectivity index (χ1v) is 8.52. The van der Waals surface area contributed by atoms with E-state index in [9.17, 15) is 4.79 Å². The molecule has 0 atom stereocenters. The minimum atomic E-state index is -0.612. The molecule has 0 saturated carbocycles. The molecule has 1 N–H and O–H groups in total. The van der Waals surface area contributed by atoms with Crippen molar-refractivity contribution in [1.29, 1.82) is 5.26 Å². The summed E-state index contributed by atoms with van der Waals surface area (Å²) in [6.07, 6.45) is -0.612. The van der Waals surface area contributed by atoms with Crippen molar-refractivity contribution in [2.75, 3.05) is 5.32 Å². The number of nitriles is 1. The van der Waals surface area contributed by atoms with Crippen LogP contribution in [-0.4, -0.2) is 15.9 Å². The van der Waals surface area contributed by atoms with Gasteiger partial charge in [0, 0.05) is 11.5 Å². The van der Waals surface area contributed by atoms with E-state index in [0.29, 0.717) is 22.8 Å². The number of amides is 1. The number of aromatic nitrogens is 2. The number of ether oxygens (including phenoxy) is 1. The van der Waals surface area contributed by atoms with Crippen LogP contribution in [0.4, 0.5) is 10.6 Å². The molecule has 6 heteroatoms. The maximum atomic E-state index is 12.3. The van der Waals surface area contributed by atoms with Gasteiger partial charge in [0.1, 0.15) is 11.6 Å². The van der Waals surface area contributed by atoms with Crippen molar-refractivity contribution in [1.82, 2.24) is 9.78 Å². The summed E-state index contributed by atoms with van der Waals surface area (Å²) in [4.78, 5) is 12.3. The van der Waals surface area contributed by atoms with Crippen LogP contribution in [0, 0.1) is 11.3 Å². The average molecular weight is 360 g/mol. The van der Waals surface area contributed by atoms with Crippen LogP contribution in [0.1, 0.15) is 32.0 Å². The van der Waals surface area contributed by atoms with Crippen molar-refractivity contribution in [2.24, 2.45) is 0 Å². The Morgan fingerprint density at radius 1 is 1.11 bits per heavy atom. The number of benzene rings is 2. The van der Waals surface area contributed by atoms with Gasteiger partial charge in [-0.2, -0.15) is 10.4 Å². The Morgan fingerprint density at radius 3 is 2.52 bits per heavy atom. The number of hydrogen-bond acceptors (Lipinski definition) is 4. The zero-order valence-corrected chi connectivity index (χ0v) is 15.4. The Morgan fingerprint density at radius 2 is 1.85 bits per heavy atom. The molecule has 0 saturated heterocycles. The molecular weight excluding hydrogens is 340 g/mol. The number of carbonyl (C=O) groups is 1. The zero-order chi connectivity index (χ0) is 19.4. The fourth-order valence-corrected chi connectivity index (χ4v) is 2.47. The van der Waals surface area contributed by atoms with Crippen LogP contribution in [-0.2, 0) is 5.41 Å². The Labute approximate surface area is 158 Å². The van der Waals surface area contributed by atoms with E-state index < -0.39 is 6.09 Å². The molecule has 0 radical (unpaired) electrons. The van der Waals surface area contributed by atoms with Crippen molar-refractivity contribution in [2.45, 2.75) is 26.2 Å². The lowest BCUT2D eigenvalue weighted by molar-refractivity contribution is 0.215. The van der Waals surface area contributed by atoms with Gasteiger partial charge in [0.2, 0.25) is 0 Å². The minimum Gasteiger partial charge on any atom is -0.410 e. The van der Waals surface area contributed by atoms with Crippen LogP contribution < -0.4 is 10.1 Å². The molecule has 0 spiro atoms. The van der Waals surface area contributed by atoms with Crippen LogP contribution in [0.2, 0.25) is 0 Å². The Kier molecular flexibility index (Phi) is 4.95. The Bertz CT molecular complexity index is 995. The third-order valence-corrected chi connectivity index (χ3v) is 3.88. The topological polar surface area (TPSA) is 79.9 Å². The molecule has 136 valence electrons. The highest BCUT2D eigenvalue weighted by Crippen LogP contribution is 2.26. The Hall–Kier alpha value is -3.59. The van der Waals surface area contributed by atoms with Crippen LogP contribution in [0.25, 0.3) is 5.69 Å². The number of anilines is 1. The number of hydrogen-bond donors (Lipinski definition) is 1. The fourth-order valence-electron chi connectivity index (χ4n) is 2.47. The molecule has 0 fully saturated rings. The normalized spacial score (nSPS) is 10.9. The first kappa shape index (κ1) is 18.2. The predicted octanol–water partition coefficient (Wildman–Crippen LogP) is 4.65. The van der Waals surface area contributed by atoms with Crippen molar-refractivity contribution in [3.63, 3.8) is 0 Å². The lowest BCUT2D eigenvalue weighted by Gasteiger charge is -2.14. The largest absolute Gasteiger partial charge is 0.418 e. The van der Waals surface area contributed by atoms with Gasteiger partial charge in [-0.3, -0.25) is 5.32 Å². The highest BCUT2D eigenvalue weighted by molar-refractivity contribution is 5.85. The summed E-state index contributed by atoms with van der Waals surface area (Å²) in [5.74, 6) is 0.916. The lowest BCUT2D eigenvalue weighted by Crippen LogP contribution is -2.19. The summed E-state index contributed by atoms with van der Waals surface area (Å²) >= 11 is 0. The summed E-state index contributed by atoms with van der Waals surface area (Å²) in [5.41, 5.74) is 1.79. The molecule has 3 rings (SSSR count). The summed E-state index contributed by atoms with van der Waals surface area (Å²) in [7, 11) is 0.